The minimum absolute atomic E-state index is 0. The van der Waals surface area contributed by atoms with Crippen LogP contribution in [-0.4, -0.2) is 29.5 Å². The summed E-state index contributed by atoms with van der Waals surface area (Å²) in [6, 6.07) is 0. The van der Waals surface area contributed by atoms with E-state index in [1.165, 1.54) is 12.0 Å². The molecule has 1 fully saturated rings. The molecule has 94 valence electrons. The van der Waals surface area contributed by atoms with Crippen molar-refractivity contribution in [3.63, 3.8) is 0 Å². The highest BCUT2D eigenvalue weighted by Crippen LogP contribution is 2.18. The summed E-state index contributed by atoms with van der Waals surface area (Å²) in [7, 11) is 1.93. The number of ether oxygens (including phenoxy) is 1. The predicted molar refractivity (Wildman–Crippen MR) is 68.9 cm³/mol. The van der Waals surface area contributed by atoms with Gasteiger partial charge in [-0.3, -0.25) is 0 Å². The monoisotopic (exact) mass is 227 g/mol. The molecule has 1 aliphatic rings. The van der Waals surface area contributed by atoms with Crippen LogP contribution in [0.2, 0.25) is 0 Å². The Morgan fingerprint density at radius 3 is 2.94 bits per heavy atom. The molecule has 2 rings (SSSR count). The molecule has 0 aromatic carbocycles. The van der Waals surface area contributed by atoms with Gasteiger partial charge in [0.25, 0.3) is 0 Å². The molecule has 16 heavy (non-hydrogen) atoms. The van der Waals surface area contributed by atoms with Crippen LogP contribution in [0.1, 0.15) is 33.7 Å². The van der Waals surface area contributed by atoms with Gasteiger partial charge in [-0.2, -0.15) is 5.10 Å². The zero-order valence-electron chi connectivity index (χ0n) is 10.8. The molecule has 4 heteroatoms. The number of nitrogens with zero attached hydrogens (tertiary/aromatic N) is 2. The average molecular weight is 227 g/mol. The molecule has 1 aliphatic heterocycles. The Hall–Kier alpha value is -1.03. The predicted octanol–water partition coefficient (Wildman–Crippen LogP) is 2.68. The molecule has 0 radical (unpaired) electrons. The summed E-state index contributed by atoms with van der Waals surface area (Å²) in [6.45, 7) is 7.83. The highest BCUT2D eigenvalue weighted by Gasteiger charge is 2.17. The minimum atomic E-state index is 0. The van der Waals surface area contributed by atoms with Crippen LogP contribution in [0.15, 0.2) is 6.20 Å². The van der Waals surface area contributed by atoms with E-state index in [0.29, 0.717) is 6.10 Å². The summed E-state index contributed by atoms with van der Waals surface area (Å²) < 4.78 is 7.57. The van der Waals surface area contributed by atoms with Gasteiger partial charge in [-0.25, -0.2) is 4.68 Å². The van der Waals surface area contributed by atoms with E-state index in [4.69, 9.17) is 4.74 Å². The van der Waals surface area contributed by atoms with Gasteiger partial charge >= 0.3 is 0 Å². The van der Waals surface area contributed by atoms with Crippen molar-refractivity contribution in [3.05, 3.63) is 11.8 Å². The maximum absolute atomic E-state index is 5.58. The van der Waals surface area contributed by atoms with Crippen LogP contribution >= 0.6 is 0 Å². The summed E-state index contributed by atoms with van der Waals surface area (Å²) >= 11 is 0. The van der Waals surface area contributed by atoms with Gasteiger partial charge in [-0.05, 0) is 19.8 Å². The van der Waals surface area contributed by atoms with E-state index in [0.717, 1.165) is 25.4 Å². The van der Waals surface area contributed by atoms with E-state index in [2.05, 4.69) is 17.3 Å². The van der Waals surface area contributed by atoms with Crippen molar-refractivity contribution in [1.29, 1.82) is 0 Å². The largest absolute Gasteiger partial charge is 0.376 e. The Morgan fingerprint density at radius 1 is 1.62 bits per heavy atom. The molecular weight excluding hydrogens is 202 g/mol. The van der Waals surface area contributed by atoms with Crippen molar-refractivity contribution < 1.29 is 6.16 Å². The summed E-state index contributed by atoms with van der Waals surface area (Å²) in [5.41, 5.74) is 1.19. The number of hydrogen-bond acceptors (Lipinski definition) is 3. The first-order valence-corrected chi connectivity index (χ1v) is 6.13. The lowest BCUT2D eigenvalue weighted by Crippen LogP contribution is -2.17. The van der Waals surface area contributed by atoms with Crippen LogP contribution in [0.25, 0.3) is 0 Å². The van der Waals surface area contributed by atoms with Gasteiger partial charge in [0.15, 0.2) is 0 Å². The fourth-order valence-corrected chi connectivity index (χ4v) is 1.92. The van der Waals surface area contributed by atoms with Crippen LogP contribution < -0.4 is 5.32 Å². The van der Waals surface area contributed by atoms with Crippen molar-refractivity contribution in [2.75, 3.05) is 19.0 Å². The molecule has 4 nitrogen and oxygen atoms in total. The molecule has 0 spiro atoms. The van der Waals surface area contributed by atoms with Gasteiger partial charge in [-0.1, -0.05) is 13.8 Å². The van der Waals surface area contributed by atoms with E-state index < -0.39 is 0 Å². The zero-order chi connectivity index (χ0) is 12.0. The Balaban J connectivity index is 0.000000811. The lowest BCUT2D eigenvalue weighted by molar-refractivity contribution is 0.0945. The van der Waals surface area contributed by atoms with Crippen molar-refractivity contribution in [2.45, 2.75) is 46.3 Å². The van der Waals surface area contributed by atoms with E-state index >= 15 is 0 Å². The van der Waals surface area contributed by atoms with Gasteiger partial charge in [0.2, 0.25) is 0 Å². The smallest absolute Gasteiger partial charge is 0.127 e. The SMILES string of the molecule is CC.CNc1c(C)cnn1CC1CCCO1.[HH]. The van der Waals surface area contributed by atoms with E-state index in [1.807, 2.05) is 31.8 Å². The lowest BCUT2D eigenvalue weighted by Gasteiger charge is -2.12. The second kappa shape index (κ2) is 6.53. The van der Waals surface area contributed by atoms with E-state index in [1.54, 1.807) is 0 Å². The minimum Gasteiger partial charge on any atom is -0.376 e. The van der Waals surface area contributed by atoms with Crippen LogP contribution in [0.4, 0.5) is 5.82 Å². The number of hydrogen-bond donors (Lipinski definition) is 1. The third kappa shape index (κ3) is 2.98. The Kier molecular flexibility index (Phi) is 5.32. The van der Waals surface area contributed by atoms with Gasteiger partial charge in [0.1, 0.15) is 5.82 Å². The first kappa shape index (κ1) is 13.0. The molecule has 0 aliphatic carbocycles. The van der Waals surface area contributed by atoms with Crippen molar-refractivity contribution in [1.82, 2.24) is 9.78 Å². The second-order valence-corrected chi connectivity index (χ2v) is 3.74. The number of aryl methyl sites for hydroxylation is 1. The van der Waals surface area contributed by atoms with Crippen molar-refractivity contribution >= 4 is 5.82 Å². The van der Waals surface area contributed by atoms with Crippen molar-refractivity contribution in [2.24, 2.45) is 0 Å². The van der Waals surface area contributed by atoms with Gasteiger partial charge in [0.05, 0.1) is 18.8 Å². The third-order valence-corrected chi connectivity index (χ3v) is 2.66. The third-order valence-electron chi connectivity index (χ3n) is 2.66. The molecule has 1 aromatic heterocycles. The molecule has 0 bridgehead atoms. The molecule has 1 atom stereocenters. The Labute approximate surface area is 99.5 Å². The topological polar surface area (TPSA) is 39.1 Å². The van der Waals surface area contributed by atoms with Crippen LogP contribution in [-0.2, 0) is 11.3 Å². The van der Waals surface area contributed by atoms with Crippen molar-refractivity contribution in [3.8, 4) is 0 Å². The molecule has 1 saturated heterocycles. The van der Waals surface area contributed by atoms with Crippen LogP contribution in [0.3, 0.4) is 0 Å². The Morgan fingerprint density at radius 2 is 2.38 bits per heavy atom. The normalized spacial score (nSPS) is 19.1. The first-order valence-electron chi connectivity index (χ1n) is 6.13. The highest BCUT2D eigenvalue weighted by atomic mass is 16.5. The quantitative estimate of drug-likeness (QED) is 0.863. The lowest BCUT2D eigenvalue weighted by atomic mass is 10.2. The summed E-state index contributed by atoms with van der Waals surface area (Å²) in [5.74, 6) is 1.10. The van der Waals surface area contributed by atoms with Crippen LogP contribution in [0, 0.1) is 6.92 Å². The van der Waals surface area contributed by atoms with E-state index in [-0.39, 0.29) is 1.43 Å². The standard InChI is InChI=1S/C10H17N3O.C2H6.H2/c1-8-6-12-13(10(8)11-2)7-9-4-3-5-14-9;1-2;/h6,9,11H,3-5,7H2,1-2H3;1-2H3;1H. The molecule has 0 amide bonds. The molecule has 1 aromatic rings. The number of nitrogens with one attached hydrogen (secondary N) is 1. The summed E-state index contributed by atoms with van der Waals surface area (Å²) in [4.78, 5) is 0. The number of anilines is 1. The fraction of sp³-hybridized carbons (Fsp3) is 0.750. The average Bonchev–Trinajstić information content (AvgIpc) is 2.93. The Bertz CT molecular complexity index is 309. The van der Waals surface area contributed by atoms with E-state index in [9.17, 15) is 0 Å². The molecule has 1 N–H and O–H groups in total. The summed E-state index contributed by atoms with van der Waals surface area (Å²) in [5, 5.41) is 7.49. The highest BCUT2D eigenvalue weighted by molar-refractivity contribution is 5.42. The number of rotatable bonds is 3. The molecule has 1 unspecified atom stereocenters. The van der Waals surface area contributed by atoms with Gasteiger partial charge in [-0.15, -0.1) is 0 Å². The fourth-order valence-electron chi connectivity index (χ4n) is 1.92. The molecule has 2 heterocycles. The summed E-state index contributed by atoms with van der Waals surface area (Å²) in [6.07, 6.45) is 4.57. The van der Waals surface area contributed by atoms with Crippen LogP contribution in [0.5, 0.6) is 0 Å². The maximum Gasteiger partial charge on any atom is 0.127 e. The first-order chi connectivity index (χ1) is 7.81. The second-order valence-electron chi connectivity index (χ2n) is 3.74. The van der Waals surface area contributed by atoms with Gasteiger partial charge < -0.3 is 10.1 Å². The number of aromatic nitrogens is 2. The van der Waals surface area contributed by atoms with Gasteiger partial charge in [0, 0.05) is 20.6 Å². The molecule has 0 saturated carbocycles. The zero-order valence-corrected chi connectivity index (χ0v) is 10.8. The molecular formula is C12H25N3O. The maximum atomic E-state index is 5.58.